The Bertz CT molecular complexity index is 676. The van der Waals surface area contributed by atoms with Gasteiger partial charge in [0.2, 0.25) is 5.91 Å². The predicted octanol–water partition coefficient (Wildman–Crippen LogP) is 3.32. The first kappa shape index (κ1) is 15.6. The highest BCUT2D eigenvalue weighted by molar-refractivity contribution is 5.76. The summed E-state index contributed by atoms with van der Waals surface area (Å²) in [5.74, 6) is 0.979. The van der Waals surface area contributed by atoms with Crippen LogP contribution in [0, 0.1) is 0 Å². The Morgan fingerprint density at radius 2 is 2.12 bits per heavy atom. The molecule has 2 fully saturated rings. The molecule has 2 aromatic rings. The molecule has 0 spiro atoms. The molecule has 1 amide bonds. The maximum atomic E-state index is 12.6. The molecule has 1 aliphatic heterocycles. The van der Waals surface area contributed by atoms with E-state index in [2.05, 4.69) is 9.88 Å². The van der Waals surface area contributed by atoms with E-state index in [0.717, 1.165) is 42.8 Å². The van der Waals surface area contributed by atoms with Crippen molar-refractivity contribution in [2.24, 2.45) is 0 Å². The van der Waals surface area contributed by atoms with E-state index in [1.54, 1.807) is 0 Å². The van der Waals surface area contributed by atoms with Crippen molar-refractivity contribution < 1.29 is 13.9 Å². The van der Waals surface area contributed by atoms with Crippen LogP contribution >= 0.6 is 0 Å². The zero-order chi connectivity index (χ0) is 16.4. The first-order valence-corrected chi connectivity index (χ1v) is 9.07. The van der Waals surface area contributed by atoms with Crippen LogP contribution in [0.2, 0.25) is 0 Å². The van der Waals surface area contributed by atoms with E-state index in [1.165, 1.54) is 12.8 Å². The summed E-state index contributed by atoms with van der Waals surface area (Å²) in [6.07, 6.45) is 6.91. The molecule has 1 aliphatic carbocycles. The fourth-order valence-electron chi connectivity index (χ4n) is 3.97. The number of carbonyl (C=O) groups is 1. The van der Waals surface area contributed by atoms with Crippen LogP contribution in [-0.4, -0.2) is 41.1 Å². The third-order valence-electron chi connectivity index (χ3n) is 5.17. The number of para-hydroxylation sites is 2. The van der Waals surface area contributed by atoms with E-state index in [4.69, 9.17) is 9.15 Å². The fraction of sp³-hybridized carbons (Fsp3) is 0.579. The molecule has 128 valence electrons. The van der Waals surface area contributed by atoms with Crippen LogP contribution in [0.4, 0.5) is 0 Å². The lowest BCUT2D eigenvalue weighted by Gasteiger charge is -2.43. The quantitative estimate of drug-likeness (QED) is 0.864. The summed E-state index contributed by atoms with van der Waals surface area (Å²) in [6.45, 7) is 1.42. The van der Waals surface area contributed by atoms with Gasteiger partial charge in [-0.05, 0) is 31.4 Å². The predicted molar refractivity (Wildman–Crippen MR) is 90.7 cm³/mol. The number of ether oxygens (including phenoxy) is 1. The summed E-state index contributed by atoms with van der Waals surface area (Å²) >= 11 is 0. The molecule has 0 bridgehead atoms. The third kappa shape index (κ3) is 3.18. The Morgan fingerprint density at radius 3 is 3.04 bits per heavy atom. The molecule has 5 nitrogen and oxygen atoms in total. The standard InChI is InChI=1S/C19H24N2O3/c22-19(21-12-13-23-17-9-4-2-7-15(17)21)11-5-10-18-20-14-6-1-3-8-16(14)24-18/h1,3,6,8,15,17H,2,4-5,7,9-13H2/t15-,17+/m0/s1. The van der Waals surface area contributed by atoms with Gasteiger partial charge < -0.3 is 14.1 Å². The van der Waals surface area contributed by atoms with E-state index < -0.39 is 0 Å². The largest absolute Gasteiger partial charge is 0.441 e. The second-order valence-electron chi connectivity index (χ2n) is 6.78. The van der Waals surface area contributed by atoms with Crippen LogP contribution in [0.25, 0.3) is 11.1 Å². The topological polar surface area (TPSA) is 55.6 Å². The molecule has 2 atom stereocenters. The molecule has 1 saturated heterocycles. The molecular weight excluding hydrogens is 304 g/mol. The van der Waals surface area contributed by atoms with Crippen molar-refractivity contribution >= 4 is 17.0 Å². The highest BCUT2D eigenvalue weighted by Crippen LogP contribution is 2.29. The van der Waals surface area contributed by atoms with Crippen LogP contribution < -0.4 is 0 Å². The van der Waals surface area contributed by atoms with Gasteiger partial charge in [-0.3, -0.25) is 4.79 Å². The fourth-order valence-corrected chi connectivity index (χ4v) is 3.97. The molecule has 2 heterocycles. The highest BCUT2D eigenvalue weighted by atomic mass is 16.5. The Hall–Kier alpha value is -1.88. The molecule has 0 unspecified atom stereocenters. The molecule has 1 saturated carbocycles. The lowest BCUT2D eigenvalue weighted by molar-refractivity contribution is -0.149. The minimum atomic E-state index is 0.256. The average Bonchev–Trinajstić information content (AvgIpc) is 3.04. The van der Waals surface area contributed by atoms with Crippen molar-refractivity contribution in [3.63, 3.8) is 0 Å². The van der Waals surface area contributed by atoms with Gasteiger partial charge in [-0.25, -0.2) is 4.98 Å². The first-order chi connectivity index (χ1) is 11.8. The number of aryl methyl sites for hydroxylation is 1. The summed E-state index contributed by atoms with van der Waals surface area (Å²) in [7, 11) is 0. The van der Waals surface area contributed by atoms with Gasteiger partial charge in [-0.1, -0.05) is 25.0 Å². The summed E-state index contributed by atoms with van der Waals surface area (Å²) in [5.41, 5.74) is 1.70. The first-order valence-electron chi connectivity index (χ1n) is 9.07. The van der Waals surface area contributed by atoms with Gasteiger partial charge in [0.15, 0.2) is 11.5 Å². The molecule has 1 aromatic carbocycles. The minimum Gasteiger partial charge on any atom is -0.441 e. The Kier molecular flexibility index (Phi) is 4.52. The molecule has 4 rings (SSSR count). The maximum absolute atomic E-state index is 12.6. The van der Waals surface area contributed by atoms with Crippen LogP contribution in [0.5, 0.6) is 0 Å². The number of nitrogens with zero attached hydrogens (tertiary/aromatic N) is 2. The van der Waals surface area contributed by atoms with Crippen molar-refractivity contribution in [3.8, 4) is 0 Å². The molecule has 24 heavy (non-hydrogen) atoms. The number of rotatable bonds is 4. The van der Waals surface area contributed by atoms with Gasteiger partial charge in [0, 0.05) is 19.4 Å². The van der Waals surface area contributed by atoms with Crippen LogP contribution in [-0.2, 0) is 16.0 Å². The van der Waals surface area contributed by atoms with Gasteiger partial charge in [0.1, 0.15) is 5.52 Å². The maximum Gasteiger partial charge on any atom is 0.223 e. The third-order valence-corrected chi connectivity index (χ3v) is 5.17. The van der Waals surface area contributed by atoms with Crippen molar-refractivity contribution in [1.82, 2.24) is 9.88 Å². The van der Waals surface area contributed by atoms with Gasteiger partial charge in [0.05, 0.1) is 18.8 Å². The molecule has 5 heteroatoms. The second kappa shape index (κ2) is 6.93. The van der Waals surface area contributed by atoms with E-state index in [-0.39, 0.29) is 12.0 Å². The smallest absolute Gasteiger partial charge is 0.223 e. The van der Waals surface area contributed by atoms with Gasteiger partial charge in [-0.15, -0.1) is 0 Å². The lowest BCUT2D eigenvalue weighted by Crippen LogP contribution is -2.54. The van der Waals surface area contributed by atoms with Gasteiger partial charge in [0.25, 0.3) is 0 Å². The van der Waals surface area contributed by atoms with E-state index in [1.807, 2.05) is 24.3 Å². The molecule has 2 aliphatic rings. The Morgan fingerprint density at radius 1 is 1.25 bits per heavy atom. The Balaban J connectivity index is 1.32. The van der Waals surface area contributed by atoms with E-state index in [9.17, 15) is 4.79 Å². The number of aromatic nitrogens is 1. The lowest BCUT2D eigenvalue weighted by atomic mass is 9.90. The highest BCUT2D eigenvalue weighted by Gasteiger charge is 2.36. The monoisotopic (exact) mass is 328 g/mol. The number of hydrogen-bond acceptors (Lipinski definition) is 4. The minimum absolute atomic E-state index is 0.256. The zero-order valence-electron chi connectivity index (χ0n) is 13.9. The average molecular weight is 328 g/mol. The summed E-state index contributed by atoms with van der Waals surface area (Å²) < 4.78 is 11.6. The van der Waals surface area contributed by atoms with E-state index >= 15 is 0 Å². The SMILES string of the molecule is O=C(CCCc1nc2ccccc2o1)N1CCO[C@@H]2CCCC[C@@H]21. The molecule has 0 radical (unpaired) electrons. The normalized spacial score (nSPS) is 24.1. The number of benzene rings is 1. The van der Waals surface area contributed by atoms with Crippen molar-refractivity contribution in [2.75, 3.05) is 13.2 Å². The molecule has 0 N–H and O–H groups in total. The van der Waals surface area contributed by atoms with Crippen LogP contribution in [0.15, 0.2) is 28.7 Å². The number of morpholine rings is 1. The summed E-state index contributed by atoms with van der Waals surface area (Å²) in [4.78, 5) is 19.2. The van der Waals surface area contributed by atoms with E-state index in [0.29, 0.717) is 25.5 Å². The molecular formula is C19H24N2O3. The summed E-state index contributed by atoms with van der Waals surface area (Å²) in [5, 5.41) is 0. The Labute approximate surface area is 142 Å². The molecule has 1 aromatic heterocycles. The summed E-state index contributed by atoms with van der Waals surface area (Å²) in [6, 6.07) is 8.07. The van der Waals surface area contributed by atoms with Gasteiger partial charge in [-0.2, -0.15) is 0 Å². The number of oxazole rings is 1. The number of fused-ring (bicyclic) bond motifs is 2. The van der Waals surface area contributed by atoms with Crippen molar-refractivity contribution in [1.29, 1.82) is 0 Å². The van der Waals surface area contributed by atoms with Gasteiger partial charge >= 0.3 is 0 Å². The second-order valence-corrected chi connectivity index (χ2v) is 6.78. The number of hydrogen-bond donors (Lipinski definition) is 0. The number of carbonyl (C=O) groups excluding carboxylic acids is 1. The van der Waals surface area contributed by atoms with Crippen molar-refractivity contribution in [2.45, 2.75) is 57.1 Å². The number of amides is 1. The van der Waals surface area contributed by atoms with Crippen LogP contribution in [0.1, 0.15) is 44.4 Å². The van der Waals surface area contributed by atoms with Crippen LogP contribution in [0.3, 0.4) is 0 Å². The zero-order valence-corrected chi connectivity index (χ0v) is 13.9. The van der Waals surface area contributed by atoms with Crippen molar-refractivity contribution in [3.05, 3.63) is 30.2 Å².